The van der Waals surface area contributed by atoms with Crippen molar-refractivity contribution in [3.8, 4) is 0 Å². The molecule has 0 radical (unpaired) electrons. The van der Waals surface area contributed by atoms with E-state index in [0.29, 0.717) is 11.0 Å². The molecular formula is C11H17N5S. The summed E-state index contributed by atoms with van der Waals surface area (Å²) < 4.78 is 1.73. The van der Waals surface area contributed by atoms with E-state index in [4.69, 9.17) is 0 Å². The zero-order valence-corrected chi connectivity index (χ0v) is 11.2. The van der Waals surface area contributed by atoms with Crippen molar-refractivity contribution < 1.29 is 0 Å². The second kappa shape index (κ2) is 5.35. The number of rotatable bonds is 5. The lowest BCUT2D eigenvalue weighted by Crippen LogP contribution is -2.11. The van der Waals surface area contributed by atoms with Crippen LogP contribution in [0, 0.1) is 6.92 Å². The minimum absolute atomic E-state index is 0.644. The average molecular weight is 251 g/mol. The highest BCUT2D eigenvalue weighted by molar-refractivity contribution is 7.99. The van der Waals surface area contributed by atoms with Crippen molar-refractivity contribution in [2.45, 2.75) is 25.5 Å². The number of fused-ring (bicyclic) bond motifs is 1. The van der Waals surface area contributed by atoms with Crippen molar-refractivity contribution in [3.63, 3.8) is 0 Å². The van der Waals surface area contributed by atoms with Crippen LogP contribution in [0.1, 0.15) is 19.0 Å². The van der Waals surface area contributed by atoms with Gasteiger partial charge >= 0.3 is 0 Å². The molecule has 5 nitrogen and oxygen atoms in total. The monoisotopic (exact) mass is 251 g/mol. The lowest BCUT2D eigenvalue weighted by Gasteiger charge is -2.11. The normalized spacial score (nSPS) is 12.9. The van der Waals surface area contributed by atoms with Gasteiger partial charge in [0, 0.05) is 23.6 Å². The summed E-state index contributed by atoms with van der Waals surface area (Å²) in [7, 11) is 0. The fraction of sp³-hybridized carbons (Fsp3) is 0.545. The second-order valence-electron chi connectivity index (χ2n) is 4.02. The van der Waals surface area contributed by atoms with Gasteiger partial charge in [-0.1, -0.05) is 6.92 Å². The Hall–Kier alpha value is -1.30. The molecule has 92 valence electrons. The van der Waals surface area contributed by atoms with E-state index in [1.54, 1.807) is 4.52 Å². The Labute approximate surface area is 105 Å². The summed E-state index contributed by atoms with van der Waals surface area (Å²) in [4.78, 5) is 8.40. The molecule has 2 aromatic rings. The van der Waals surface area contributed by atoms with Gasteiger partial charge in [-0.05, 0) is 19.6 Å². The largest absolute Gasteiger partial charge is 0.370 e. The molecule has 0 aliphatic carbocycles. The van der Waals surface area contributed by atoms with Gasteiger partial charge in [-0.25, -0.2) is 4.98 Å². The van der Waals surface area contributed by atoms with Gasteiger partial charge in [-0.15, -0.1) is 0 Å². The number of thioether (sulfide) groups is 1. The van der Waals surface area contributed by atoms with E-state index in [2.05, 4.69) is 33.6 Å². The Morgan fingerprint density at radius 2 is 2.35 bits per heavy atom. The zero-order valence-electron chi connectivity index (χ0n) is 10.3. The molecule has 1 N–H and O–H groups in total. The Morgan fingerprint density at radius 1 is 1.53 bits per heavy atom. The van der Waals surface area contributed by atoms with E-state index < -0.39 is 0 Å². The number of nitrogens with zero attached hydrogens (tertiary/aromatic N) is 4. The van der Waals surface area contributed by atoms with Crippen LogP contribution in [-0.4, -0.2) is 37.6 Å². The van der Waals surface area contributed by atoms with Crippen molar-refractivity contribution in [3.05, 3.63) is 18.1 Å². The van der Waals surface area contributed by atoms with Crippen LogP contribution < -0.4 is 5.32 Å². The molecule has 0 aliphatic heterocycles. The number of hydrogen-bond donors (Lipinski definition) is 1. The van der Waals surface area contributed by atoms with E-state index in [9.17, 15) is 0 Å². The maximum atomic E-state index is 4.30. The first-order valence-corrected chi connectivity index (χ1v) is 6.93. The number of aryl methyl sites for hydroxylation is 1. The van der Waals surface area contributed by atoms with Crippen LogP contribution >= 0.6 is 11.8 Å². The first kappa shape index (κ1) is 12.2. The molecule has 0 saturated carbocycles. The third kappa shape index (κ3) is 2.88. The quantitative estimate of drug-likeness (QED) is 0.880. The number of hydrogen-bond acceptors (Lipinski definition) is 5. The number of nitrogens with one attached hydrogen (secondary N) is 1. The standard InChI is InChI=1S/C11H17N5S/c1-8-6-10(12-5-4-9(2)17-3)16-11(15-8)13-7-14-16/h6-7,9,12H,4-5H2,1-3H3. The lowest BCUT2D eigenvalue weighted by atomic mass is 10.3. The fourth-order valence-corrected chi connectivity index (χ4v) is 1.93. The SMILES string of the molecule is CSC(C)CCNc1cc(C)nc2ncnn12. The molecule has 0 bridgehead atoms. The fourth-order valence-electron chi connectivity index (χ4n) is 1.58. The van der Waals surface area contributed by atoms with Crippen molar-refractivity contribution in [1.82, 2.24) is 19.6 Å². The highest BCUT2D eigenvalue weighted by atomic mass is 32.2. The Kier molecular flexibility index (Phi) is 3.83. The molecule has 6 heteroatoms. The second-order valence-corrected chi connectivity index (χ2v) is 5.29. The molecule has 2 heterocycles. The van der Waals surface area contributed by atoms with Crippen LogP contribution in [-0.2, 0) is 0 Å². The van der Waals surface area contributed by atoms with Crippen LogP contribution in [0.15, 0.2) is 12.4 Å². The van der Waals surface area contributed by atoms with Gasteiger partial charge in [0.1, 0.15) is 12.1 Å². The van der Waals surface area contributed by atoms with Crippen LogP contribution in [0.25, 0.3) is 5.78 Å². The van der Waals surface area contributed by atoms with Crippen molar-refractivity contribution in [1.29, 1.82) is 0 Å². The van der Waals surface area contributed by atoms with Crippen molar-refractivity contribution >= 4 is 23.4 Å². The molecule has 17 heavy (non-hydrogen) atoms. The molecule has 0 spiro atoms. The topological polar surface area (TPSA) is 55.1 Å². The molecule has 2 aromatic heterocycles. The molecule has 0 aliphatic rings. The van der Waals surface area contributed by atoms with Gasteiger partial charge in [0.05, 0.1) is 0 Å². The van der Waals surface area contributed by atoms with Gasteiger partial charge in [-0.2, -0.15) is 26.4 Å². The molecule has 2 rings (SSSR count). The van der Waals surface area contributed by atoms with Gasteiger partial charge in [-0.3, -0.25) is 0 Å². The first-order valence-electron chi connectivity index (χ1n) is 5.64. The van der Waals surface area contributed by atoms with E-state index in [1.807, 2.05) is 24.8 Å². The maximum absolute atomic E-state index is 4.30. The first-order chi connectivity index (χ1) is 8.20. The van der Waals surface area contributed by atoms with E-state index >= 15 is 0 Å². The Bertz CT molecular complexity index is 496. The van der Waals surface area contributed by atoms with Crippen LogP contribution in [0.3, 0.4) is 0 Å². The highest BCUT2D eigenvalue weighted by Crippen LogP contribution is 2.12. The number of aromatic nitrogens is 4. The van der Waals surface area contributed by atoms with Gasteiger partial charge in [0.2, 0.25) is 0 Å². The summed E-state index contributed by atoms with van der Waals surface area (Å²) in [6.07, 6.45) is 4.78. The van der Waals surface area contributed by atoms with Gasteiger partial charge in [0.15, 0.2) is 0 Å². The summed E-state index contributed by atoms with van der Waals surface area (Å²) >= 11 is 1.88. The van der Waals surface area contributed by atoms with Crippen LogP contribution in [0.5, 0.6) is 0 Å². The van der Waals surface area contributed by atoms with E-state index in [0.717, 1.165) is 24.5 Å². The predicted molar refractivity (Wildman–Crippen MR) is 71.6 cm³/mol. The lowest BCUT2D eigenvalue weighted by molar-refractivity contribution is 0.834. The third-order valence-electron chi connectivity index (χ3n) is 2.64. The third-order valence-corrected chi connectivity index (χ3v) is 3.68. The minimum Gasteiger partial charge on any atom is -0.370 e. The summed E-state index contributed by atoms with van der Waals surface area (Å²) in [6.45, 7) is 5.13. The maximum Gasteiger partial charge on any atom is 0.254 e. The molecule has 0 aromatic carbocycles. The van der Waals surface area contributed by atoms with Crippen molar-refractivity contribution in [2.24, 2.45) is 0 Å². The molecule has 1 atom stereocenters. The molecule has 1 unspecified atom stereocenters. The Balaban J connectivity index is 2.09. The molecular weight excluding hydrogens is 234 g/mol. The number of anilines is 1. The van der Waals surface area contributed by atoms with E-state index in [1.165, 1.54) is 6.33 Å². The highest BCUT2D eigenvalue weighted by Gasteiger charge is 2.05. The summed E-state index contributed by atoms with van der Waals surface area (Å²) in [6, 6.07) is 1.99. The average Bonchev–Trinajstić information content (AvgIpc) is 2.76. The van der Waals surface area contributed by atoms with Gasteiger partial charge in [0.25, 0.3) is 5.78 Å². The predicted octanol–water partition coefficient (Wildman–Crippen LogP) is 1.99. The van der Waals surface area contributed by atoms with E-state index in [-0.39, 0.29) is 0 Å². The Morgan fingerprint density at radius 3 is 3.12 bits per heavy atom. The zero-order chi connectivity index (χ0) is 12.3. The summed E-state index contributed by atoms with van der Waals surface area (Å²) in [5, 5.41) is 8.20. The van der Waals surface area contributed by atoms with Crippen LogP contribution in [0.2, 0.25) is 0 Å². The van der Waals surface area contributed by atoms with Gasteiger partial charge < -0.3 is 5.32 Å². The molecule has 0 saturated heterocycles. The minimum atomic E-state index is 0.644. The summed E-state index contributed by atoms with van der Waals surface area (Å²) in [5.41, 5.74) is 0.950. The smallest absolute Gasteiger partial charge is 0.254 e. The molecule has 0 fully saturated rings. The molecule has 0 amide bonds. The van der Waals surface area contributed by atoms with Crippen LogP contribution in [0.4, 0.5) is 5.82 Å². The van der Waals surface area contributed by atoms with Crippen molar-refractivity contribution in [2.75, 3.05) is 18.1 Å². The summed E-state index contributed by atoms with van der Waals surface area (Å²) in [5.74, 6) is 1.60.